The number of fused-ring (bicyclic) bond motifs is 3. The van der Waals surface area contributed by atoms with E-state index in [0.29, 0.717) is 23.5 Å². The Morgan fingerprint density at radius 2 is 2.07 bits per heavy atom. The van der Waals surface area contributed by atoms with Crippen molar-refractivity contribution in [2.75, 3.05) is 21.0 Å². The van der Waals surface area contributed by atoms with Crippen LogP contribution in [-0.2, 0) is 19.0 Å². The molecule has 1 N–H and O–H groups in total. The fourth-order valence-corrected chi connectivity index (χ4v) is 4.93. The summed E-state index contributed by atoms with van der Waals surface area (Å²) in [5.41, 5.74) is 1.51. The molecule has 2 heterocycles. The molecule has 1 aromatic carbocycles. The zero-order valence-corrected chi connectivity index (χ0v) is 16.1. The van der Waals surface area contributed by atoms with Gasteiger partial charge in [-0.3, -0.25) is 0 Å². The fourth-order valence-electron chi connectivity index (χ4n) is 4.93. The van der Waals surface area contributed by atoms with Crippen LogP contribution < -0.4 is 9.47 Å². The third-order valence-corrected chi connectivity index (χ3v) is 6.05. The summed E-state index contributed by atoms with van der Waals surface area (Å²) >= 11 is 0. The lowest BCUT2D eigenvalue weighted by atomic mass is 9.80. The molecule has 5 atom stereocenters. The van der Waals surface area contributed by atoms with Crippen molar-refractivity contribution < 1.29 is 33.6 Å². The average Bonchev–Trinajstić information content (AvgIpc) is 3.20. The highest BCUT2D eigenvalue weighted by Gasteiger charge is 2.65. The van der Waals surface area contributed by atoms with Crippen molar-refractivity contribution in [3.05, 3.63) is 47.7 Å². The fraction of sp³-hybridized carbons (Fsp3) is 0.476. The van der Waals surface area contributed by atoms with Crippen LogP contribution >= 0.6 is 0 Å². The lowest BCUT2D eigenvalue weighted by Crippen LogP contribution is -2.49. The monoisotopic (exact) mass is 388 g/mol. The molecular formula is C21H24O7. The molecule has 0 amide bonds. The van der Waals surface area contributed by atoms with E-state index >= 15 is 0 Å². The van der Waals surface area contributed by atoms with E-state index in [1.807, 2.05) is 25.1 Å². The molecule has 1 saturated carbocycles. The van der Waals surface area contributed by atoms with Crippen molar-refractivity contribution in [3.8, 4) is 11.5 Å². The van der Waals surface area contributed by atoms with Gasteiger partial charge in [-0.25, -0.2) is 4.79 Å². The standard InChI is InChI=1S/C21H24O7/c1-5-6-13-16-11(2)17(12-7-8-14-15(9-12)27-10-26-14)21(25-4,19(16)22)28-20(23)18(13)24-3/h5,7-9,11,16-17,19,22H,1,6,10H2,2-4H3/t11-,16+,17-,19+,21-/m1/s1. The smallest absolute Gasteiger partial charge is 0.376 e. The number of allylic oxidation sites excluding steroid dienone is 1. The van der Waals surface area contributed by atoms with E-state index in [1.54, 1.807) is 6.08 Å². The summed E-state index contributed by atoms with van der Waals surface area (Å²) in [7, 11) is 2.86. The zero-order valence-electron chi connectivity index (χ0n) is 16.1. The third-order valence-electron chi connectivity index (χ3n) is 6.05. The van der Waals surface area contributed by atoms with Crippen molar-refractivity contribution in [1.29, 1.82) is 0 Å². The molecule has 1 aliphatic carbocycles. The van der Waals surface area contributed by atoms with Gasteiger partial charge in [0.1, 0.15) is 6.10 Å². The maximum Gasteiger partial charge on any atom is 0.376 e. The summed E-state index contributed by atoms with van der Waals surface area (Å²) < 4.78 is 27.8. The Morgan fingerprint density at radius 3 is 2.75 bits per heavy atom. The van der Waals surface area contributed by atoms with Crippen LogP contribution in [0.25, 0.3) is 0 Å². The number of hydrogen-bond acceptors (Lipinski definition) is 7. The molecule has 7 heteroatoms. The highest BCUT2D eigenvalue weighted by molar-refractivity contribution is 5.88. The Kier molecular flexibility index (Phi) is 4.59. The SMILES string of the molecule is C=CCC1=C(OC)C(=O)O[C@@]2(OC)[C@@H](O)[C@H]1[C@@H](C)[C@@H]2c1ccc2c(c1)OCO2. The molecule has 150 valence electrons. The van der Waals surface area contributed by atoms with E-state index in [2.05, 4.69) is 6.58 Å². The van der Waals surface area contributed by atoms with Gasteiger partial charge in [-0.2, -0.15) is 0 Å². The number of methoxy groups -OCH3 is 2. The van der Waals surface area contributed by atoms with Crippen molar-refractivity contribution in [2.24, 2.45) is 11.8 Å². The van der Waals surface area contributed by atoms with E-state index < -0.39 is 29.7 Å². The predicted molar refractivity (Wildman–Crippen MR) is 98.6 cm³/mol. The number of esters is 1. The molecule has 2 bridgehead atoms. The molecule has 0 spiro atoms. The van der Waals surface area contributed by atoms with E-state index in [4.69, 9.17) is 23.7 Å². The summed E-state index contributed by atoms with van der Waals surface area (Å²) in [5, 5.41) is 11.3. The summed E-state index contributed by atoms with van der Waals surface area (Å²) in [6, 6.07) is 5.57. The molecule has 28 heavy (non-hydrogen) atoms. The number of carbonyl (C=O) groups excluding carboxylic acids is 1. The van der Waals surface area contributed by atoms with Crippen LogP contribution in [0.4, 0.5) is 0 Å². The van der Waals surface area contributed by atoms with Gasteiger partial charge in [-0.15, -0.1) is 6.58 Å². The first-order valence-corrected chi connectivity index (χ1v) is 9.22. The second-order valence-corrected chi connectivity index (χ2v) is 7.29. The Bertz CT molecular complexity index is 845. The summed E-state index contributed by atoms with van der Waals surface area (Å²) in [6.07, 6.45) is 1.03. The van der Waals surface area contributed by atoms with Crippen molar-refractivity contribution in [1.82, 2.24) is 0 Å². The van der Waals surface area contributed by atoms with Crippen molar-refractivity contribution in [2.45, 2.75) is 31.2 Å². The number of carbonyl (C=O) groups is 1. The zero-order chi connectivity index (χ0) is 20.1. The normalized spacial score (nSPS) is 33.5. The Hall–Kier alpha value is -2.51. The Labute approximate surface area is 163 Å². The molecule has 0 unspecified atom stereocenters. The molecule has 2 aliphatic heterocycles. The molecule has 7 nitrogen and oxygen atoms in total. The first kappa shape index (κ1) is 18.8. The van der Waals surface area contributed by atoms with Gasteiger partial charge in [0, 0.05) is 13.0 Å². The van der Waals surface area contributed by atoms with Crippen LogP contribution in [0.5, 0.6) is 11.5 Å². The summed E-state index contributed by atoms with van der Waals surface area (Å²) in [6.45, 7) is 5.96. The minimum Gasteiger partial charge on any atom is -0.490 e. The topological polar surface area (TPSA) is 83.5 Å². The van der Waals surface area contributed by atoms with E-state index in [9.17, 15) is 9.90 Å². The second kappa shape index (κ2) is 6.83. The molecule has 1 aromatic rings. The number of hydrogen-bond donors (Lipinski definition) is 1. The van der Waals surface area contributed by atoms with Crippen LogP contribution in [0, 0.1) is 11.8 Å². The lowest BCUT2D eigenvalue weighted by molar-refractivity contribution is -0.257. The maximum atomic E-state index is 12.8. The van der Waals surface area contributed by atoms with Crippen molar-refractivity contribution in [3.63, 3.8) is 0 Å². The predicted octanol–water partition coefficient (Wildman–Crippen LogP) is 2.50. The Morgan fingerprint density at radius 1 is 1.32 bits per heavy atom. The first-order valence-electron chi connectivity index (χ1n) is 9.22. The minimum absolute atomic E-state index is 0.108. The van der Waals surface area contributed by atoms with Gasteiger partial charge in [-0.1, -0.05) is 19.1 Å². The van der Waals surface area contributed by atoms with Gasteiger partial charge in [0.15, 0.2) is 11.5 Å². The van der Waals surface area contributed by atoms with Gasteiger partial charge in [0.25, 0.3) is 0 Å². The van der Waals surface area contributed by atoms with E-state index in [-0.39, 0.29) is 18.5 Å². The van der Waals surface area contributed by atoms with Gasteiger partial charge < -0.3 is 28.8 Å². The number of rotatable bonds is 5. The minimum atomic E-state index is -1.54. The van der Waals surface area contributed by atoms with Gasteiger partial charge in [-0.05, 0) is 35.6 Å². The van der Waals surface area contributed by atoms with Gasteiger partial charge >= 0.3 is 5.97 Å². The average molecular weight is 388 g/mol. The highest BCUT2D eigenvalue weighted by Crippen LogP contribution is 2.58. The quantitative estimate of drug-likeness (QED) is 0.613. The van der Waals surface area contributed by atoms with Crippen LogP contribution in [0.1, 0.15) is 24.8 Å². The molecule has 1 fully saturated rings. The summed E-state index contributed by atoms with van der Waals surface area (Å²) in [5.74, 6) is -1.71. The first-order chi connectivity index (χ1) is 13.5. The molecule has 0 saturated heterocycles. The largest absolute Gasteiger partial charge is 0.490 e. The number of aliphatic hydroxyl groups is 1. The van der Waals surface area contributed by atoms with Crippen LogP contribution in [0.2, 0.25) is 0 Å². The van der Waals surface area contributed by atoms with Crippen molar-refractivity contribution >= 4 is 5.97 Å². The molecule has 4 rings (SSSR count). The Balaban J connectivity index is 1.87. The van der Waals surface area contributed by atoms with E-state index in [0.717, 1.165) is 5.56 Å². The molecule has 0 radical (unpaired) electrons. The highest BCUT2D eigenvalue weighted by atomic mass is 16.7. The number of benzene rings is 1. The second-order valence-electron chi connectivity index (χ2n) is 7.29. The van der Waals surface area contributed by atoms with Gasteiger partial charge in [0.05, 0.1) is 13.0 Å². The van der Waals surface area contributed by atoms with E-state index in [1.165, 1.54) is 14.2 Å². The molecule has 3 aliphatic rings. The van der Waals surface area contributed by atoms with Gasteiger partial charge in [0.2, 0.25) is 18.3 Å². The molecular weight excluding hydrogens is 364 g/mol. The lowest BCUT2D eigenvalue weighted by Gasteiger charge is -2.36. The van der Waals surface area contributed by atoms with Crippen LogP contribution in [0.3, 0.4) is 0 Å². The maximum absolute atomic E-state index is 12.8. The third kappa shape index (κ3) is 2.46. The summed E-state index contributed by atoms with van der Waals surface area (Å²) in [4.78, 5) is 12.8. The number of aliphatic hydroxyl groups excluding tert-OH is 1. The molecule has 0 aromatic heterocycles. The van der Waals surface area contributed by atoms with Crippen LogP contribution in [0.15, 0.2) is 42.2 Å². The number of ether oxygens (including phenoxy) is 5. The van der Waals surface area contributed by atoms with Crippen LogP contribution in [-0.4, -0.2) is 44.0 Å².